The molecule has 0 aromatic carbocycles. The number of rotatable bonds is 9. The molecule has 2 amide bonds. The molecular weight excluding hydrogens is 228 g/mol. The van der Waals surface area contributed by atoms with Crippen molar-refractivity contribution in [2.45, 2.75) is 33.1 Å². The van der Waals surface area contributed by atoms with Gasteiger partial charge in [-0.3, -0.25) is 9.59 Å². The predicted octanol–water partition coefficient (Wildman–Crippen LogP) is 1.77. The summed E-state index contributed by atoms with van der Waals surface area (Å²) in [4.78, 5) is 23.5. The molecule has 0 aromatic rings. The van der Waals surface area contributed by atoms with Crippen LogP contribution in [0.15, 0.2) is 24.8 Å². The Labute approximate surface area is 109 Å². The minimum atomic E-state index is -0.466. The van der Waals surface area contributed by atoms with Gasteiger partial charge in [-0.25, -0.2) is 0 Å². The zero-order valence-corrected chi connectivity index (χ0v) is 11.4. The molecule has 4 nitrogen and oxygen atoms in total. The number of carbonyl (C=O) groups excluding carboxylic acids is 2. The third-order valence-electron chi connectivity index (χ3n) is 2.79. The number of primary amides is 1. The molecule has 18 heavy (non-hydrogen) atoms. The Morgan fingerprint density at radius 2 is 2.00 bits per heavy atom. The minimum absolute atomic E-state index is 0.131. The van der Waals surface area contributed by atoms with Crippen molar-refractivity contribution >= 4 is 11.8 Å². The lowest BCUT2D eigenvalue weighted by molar-refractivity contribution is -0.133. The second kappa shape index (κ2) is 8.50. The Hall–Kier alpha value is -1.58. The average molecular weight is 252 g/mol. The fourth-order valence-electron chi connectivity index (χ4n) is 1.94. The highest BCUT2D eigenvalue weighted by atomic mass is 16.2. The summed E-state index contributed by atoms with van der Waals surface area (Å²) in [6.07, 6.45) is 3.43. The van der Waals surface area contributed by atoms with Gasteiger partial charge in [0.2, 0.25) is 11.8 Å². The van der Waals surface area contributed by atoms with Crippen LogP contribution in [0.5, 0.6) is 0 Å². The molecule has 0 aliphatic carbocycles. The first-order valence-corrected chi connectivity index (χ1v) is 6.26. The van der Waals surface area contributed by atoms with Crippen LogP contribution in [0.25, 0.3) is 0 Å². The Balaban J connectivity index is 4.95. The van der Waals surface area contributed by atoms with Gasteiger partial charge < -0.3 is 11.1 Å². The van der Waals surface area contributed by atoms with Gasteiger partial charge in [0.15, 0.2) is 0 Å². The lowest BCUT2D eigenvalue weighted by Crippen LogP contribution is -2.40. The Morgan fingerprint density at radius 3 is 2.39 bits per heavy atom. The second-order valence-corrected chi connectivity index (χ2v) is 4.54. The lowest BCUT2D eigenvalue weighted by Gasteiger charge is -2.23. The van der Waals surface area contributed by atoms with Gasteiger partial charge in [-0.15, -0.1) is 13.2 Å². The quantitative estimate of drug-likeness (QED) is 0.614. The van der Waals surface area contributed by atoms with Crippen molar-refractivity contribution in [3.63, 3.8) is 0 Å². The first-order chi connectivity index (χ1) is 8.43. The molecule has 0 saturated heterocycles. The number of nitrogens with one attached hydrogen (secondary N) is 1. The van der Waals surface area contributed by atoms with Crippen LogP contribution < -0.4 is 11.1 Å². The van der Waals surface area contributed by atoms with E-state index in [1.807, 2.05) is 13.8 Å². The van der Waals surface area contributed by atoms with E-state index in [-0.39, 0.29) is 5.91 Å². The number of carbonyl (C=O) groups is 2. The summed E-state index contributed by atoms with van der Waals surface area (Å²) in [5, 5.41) is 2.75. The van der Waals surface area contributed by atoms with E-state index >= 15 is 0 Å². The molecule has 0 fully saturated rings. The van der Waals surface area contributed by atoms with E-state index in [0.29, 0.717) is 25.8 Å². The van der Waals surface area contributed by atoms with Crippen LogP contribution in [0.1, 0.15) is 33.1 Å². The maximum atomic E-state index is 12.0. The van der Waals surface area contributed by atoms with Crippen LogP contribution >= 0.6 is 0 Å². The number of allylic oxidation sites excluding steroid dienone is 2. The van der Waals surface area contributed by atoms with Gasteiger partial charge in [-0.05, 0) is 33.1 Å². The molecule has 0 aliphatic rings. The molecule has 0 bridgehead atoms. The zero-order valence-electron chi connectivity index (χ0n) is 11.4. The fourth-order valence-corrected chi connectivity index (χ4v) is 1.94. The van der Waals surface area contributed by atoms with E-state index in [0.717, 1.165) is 5.57 Å². The van der Waals surface area contributed by atoms with Gasteiger partial charge in [-0.2, -0.15) is 0 Å². The van der Waals surface area contributed by atoms with E-state index < -0.39 is 17.7 Å². The number of hydrogen-bond donors (Lipinski definition) is 2. The summed E-state index contributed by atoms with van der Waals surface area (Å²) >= 11 is 0. The molecule has 0 heterocycles. The van der Waals surface area contributed by atoms with E-state index in [2.05, 4.69) is 18.5 Å². The van der Waals surface area contributed by atoms with E-state index in [9.17, 15) is 9.59 Å². The summed E-state index contributed by atoms with van der Waals surface area (Å²) in [5.41, 5.74) is 6.28. The molecule has 2 atom stereocenters. The third-order valence-corrected chi connectivity index (χ3v) is 2.79. The van der Waals surface area contributed by atoms with Gasteiger partial charge in [0.25, 0.3) is 0 Å². The highest BCUT2D eigenvalue weighted by molar-refractivity contribution is 5.87. The standard InChI is InChI=1S/C14H24N2O2/c1-5-7-8-11(13(15)17)12(9-10(3)4)14(18)16-6-2/h5,11-12H,1,3,6-9H2,2,4H3,(H2,15,17)(H,16,18). The van der Waals surface area contributed by atoms with Crippen molar-refractivity contribution in [2.24, 2.45) is 17.6 Å². The molecule has 0 saturated carbocycles. The summed E-state index contributed by atoms with van der Waals surface area (Å²) in [5.74, 6) is -1.46. The molecule has 2 unspecified atom stereocenters. The normalized spacial score (nSPS) is 13.4. The van der Waals surface area contributed by atoms with Crippen LogP contribution in [0.3, 0.4) is 0 Å². The molecule has 0 rings (SSSR count). The molecular formula is C14H24N2O2. The summed E-state index contributed by atoms with van der Waals surface area (Å²) in [7, 11) is 0. The zero-order chi connectivity index (χ0) is 14.1. The highest BCUT2D eigenvalue weighted by Crippen LogP contribution is 2.24. The smallest absolute Gasteiger partial charge is 0.224 e. The second-order valence-electron chi connectivity index (χ2n) is 4.54. The number of hydrogen-bond acceptors (Lipinski definition) is 2. The van der Waals surface area contributed by atoms with E-state index in [4.69, 9.17) is 5.73 Å². The van der Waals surface area contributed by atoms with Crippen molar-refractivity contribution in [1.29, 1.82) is 0 Å². The number of nitrogens with two attached hydrogens (primary N) is 1. The monoisotopic (exact) mass is 252 g/mol. The molecule has 0 aromatic heterocycles. The topological polar surface area (TPSA) is 72.2 Å². The Kier molecular flexibility index (Phi) is 7.76. The Bertz CT molecular complexity index is 324. The molecule has 4 heteroatoms. The molecule has 0 aliphatic heterocycles. The fraction of sp³-hybridized carbons (Fsp3) is 0.571. The van der Waals surface area contributed by atoms with E-state index in [1.165, 1.54) is 0 Å². The van der Waals surface area contributed by atoms with Gasteiger partial charge in [0.05, 0.1) is 5.92 Å². The SMILES string of the molecule is C=CCCC(C(N)=O)C(CC(=C)C)C(=O)NCC. The van der Waals surface area contributed by atoms with Crippen molar-refractivity contribution in [1.82, 2.24) is 5.32 Å². The van der Waals surface area contributed by atoms with E-state index in [1.54, 1.807) is 6.08 Å². The van der Waals surface area contributed by atoms with Gasteiger partial charge >= 0.3 is 0 Å². The van der Waals surface area contributed by atoms with Crippen molar-refractivity contribution in [3.8, 4) is 0 Å². The summed E-state index contributed by atoms with van der Waals surface area (Å²) in [6, 6.07) is 0. The van der Waals surface area contributed by atoms with Gasteiger partial charge in [0.1, 0.15) is 0 Å². The van der Waals surface area contributed by atoms with Crippen LogP contribution in [0, 0.1) is 11.8 Å². The van der Waals surface area contributed by atoms with Gasteiger partial charge in [-0.1, -0.05) is 11.6 Å². The largest absolute Gasteiger partial charge is 0.369 e. The molecule has 0 spiro atoms. The van der Waals surface area contributed by atoms with Crippen molar-refractivity contribution in [2.75, 3.05) is 6.54 Å². The van der Waals surface area contributed by atoms with Crippen molar-refractivity contribution < 1.29 is 9.59 Å². The number of amides is 2. The van der Waals surface area contributed by atoms with Crippen LogP contribution in [-0.4, -0.2) is 18.4 Å². The molecule has 102 valence electrons. The predicted molar refractivity (Wildman–Crippen MR) is 73.7 cm³/mol. The van der Waals surface area contributed by atoms with Crippen LogP contribution in [0.2, 0.25) is 0 Å². The minimum Gasteiger partial charge on any atom is -0.369 e. The lowest BCUT2D eigenvalue weighted by atomic mass is 9.83. The molecule has 3 N–H and O–H groups in total. The average Bonchev–Trinajstić information content (AvgIpc) is 2.27. The first kappa shape index (κ1) is 16.4. The van der Waals surface area contributed by atoms with Crippen LogP contribution in [0.4, 0.5) is 0 Å². The first-order valence-electron chi connectivity index (χ1n) is 6.26. The van der Waals surface area contributed by atoms with Crippen LogP contribution in [-0.2, 0) is 9.59 Å². The Morgan fingerprint density at radius 1 is 1.39 bits per heavy atom. The third kappa shape index (κ3) is 5.66. The highest BCUT2D eigenvalue weighted by Gasteiger charge is 2.31. The summed E-state index contributed by atoms with van der Waals surface area (Å²) in [6.45, 7) is 11.7. The maximum absolute atomic E-state index is 12.0. The summed E-state index contributed by atoms with van der Waals surface area (Å²) < 4.78 is 0. The molecule has 0 radical (unpaired) electrons. The maximum Gasteiger partial charge on any atom is 0.224 e. The van der Waals surface area contributed by atoms with Crippen molar-refractivity contribution in [3.05, 3.63) is 24.8 Å². The van der Waals surface area contributed by atoms with Gasteiger partial charge in [0, 0.05) is 12.5 Å².